The molecule has 2 heteroatoms. The van der Waals surface area contributed by atoms with Crippen LogP contribution >= 0.6 is 0 Å². The molecule has 0 aliphatic rings. The number of nitrogens with zero attached hydrogens (tertiary/aromatic N) is 2. The van der Waals surface area contributed by atoms with Crippen molar-refractivity contribution in [3.05, 3.63) is 206 Å². The molecule has 54 heavy (non-hydrogen) atoms. The minimum absolute atomic E-state index is 1.16. The first-order valence-corrected chi connectivity index (χ1v) is 18.6. The van der Waals surface area contributed by atoms with Gasteiger partial charge in [0.1, 0.15) is 0 Å². The molecule has 9 aromatic carbocycles. The zero-order valence-electron chi connectivity index (χ0n) is 29.5. The van der Waals surface area contributed by atoms with Gasteiger partial charge in [0.2, 0.25) is 0 Å². The average Bonchev–Trinajstić information content (AvgIpc) is 3.76. The summed E-state index contributed by atoms with van der Waals surface area (Å²) in [6.45, 7) is 0. The van der Waals surface area contributed by atoms with E-state index in [4.69, 9.17) is 0 Å². The Labute approximate surface area is 313 Å². The van der Waals surface area contributed by atoms with Gasteiger partial charge in [-0.3, -0.25) is 0 Å². The summed E-state index contributed by atoms with van der Waals surface area (Å²) in [7, 11) is 0. The molecule has 0 aliphatic carbocycles. The zero-order valence-corrected chi connectivity index (χ0v) is 29.5. The van der Waals surface area contributed by atoms with E-state index in [1.54, 1.807) is 0 Å². The monoisotopic (exact) mass is 686 g/mol. The Morgan fingerprint density at radius 3 is 1.24 bits per heavy atom. The predicted octanol–water partition coefficient (Wildman–Crippen LogP) is 14.0. The summed E-state index contributed by atoms with van der Waals surface area (Å²) in [5.74, 6) is 0. The van der Waals surface area contributed by atoms with Gasteiger partial charge in [-0.05, 0) is 98.8 Å². The molecule has 2 aromatic heterocycles. The van der Waals surface area contributed by atoms with E-state index in [9.17, 15) is 0 Å². The van der Waals surface area contributed by atoms with Gasteiger partial charge < -0.3 is 9.13 Å². The van der Waals surface area contributed by atoms with E-state index >= 15 is 0 Å². The van der Waals surface area contributed by atoms with E-state index in [2.05, 4.69) is 215 Å². The number of aromatic nitrogens is 2. The predicted molar refractivity (Wildman–Crippen MR) is 229 cm³/mol. The van der Waals surface area contributed by atoms with Crippen LogP contribution in [0.25, 0.3) is 99.1 Å². The van der Waals surface area contributed by atoms with Gasteiger partial charge in [0, 0.05) is 32.9 Å². The van der Waals surface area contributed by atoms with Crippen molar-refractivity contribution in [1.29, 1.82) is 0 Å². The molecule has 0 saturated carbocycles. The van der Waals surface area contributed by atoms with E-state index in [-0.39, 0.29) is 0 Å². The van der Waals surface area contributed by atoms with Crippen LogP contribution in [0.2, 0.25) is 0 Å². The van der Waals surface area contributed by atoms with Gasteiger partial charge in [0.15, 0.2) is 0 Å². The highest BCUT2D eigenvalue weighted by Gasteiger charge is 2.16. The first kappa shape index (κ1) is 30.5. The first-order valence-electron chi connectivity index (χ1n) is 18.6. The SMILES string of the molecule is c1ccc(-c2ccc3cc(-n4c5ccccc5c5ccc(-c6ccc(-c7ccc8c9ccccc9n(-c9ccccc9)c8c7)cc6)cc54)ccc3c2)cc1. The summed E-state index contributed by atoms with van der Waals surface area (Å²) in [6.07, 6.45) is 0. The van der Waals surface area contributed by atoms with Gasteiger partial charge >= 0.3 is 0 Å². The Morgan fingerprint density at radius 1 is 0.222 bits per heavy atom. The molecule has 0 unspecified atom stereocenters. The number of benzene rings is 9. The summed E-state index contributed by atoms with van der Waals surface area (Å²) < 4.78 is 4.81. The topological polar surface area (TPSA) is 9.86 Å². The van der Waals surface area contributed by atoms with E-state index in [0.717, 1.165) is 5.69 Å². The second-order valence-corrected chi connectivity index (χ2v) is 14.2. The van der Waals surface area contributed by atoms with Gasteiger partial charge in [-0.25, -0.2) is 0 Å². The van der Waals surface area contributed by atoms with Crippen LogP contribution in [0.4, 0.5) is 0 Å². The smallest absolute Gasteiger partial charge is 0.0547 e. The van der Waals surface area contributed by atoms with Crippen LogP contribution in [0.1, 0.15) is 0 Å². The fraction of sp³-hybridized carbons (Fsp3) is 0. The molecule has 2 nitrogen and oxygen atoms in total. The van der Waals surface area contributed by atoms with Gasteiger partial charge in [0.05, 0.1) is 22.1 Å². The number of hydrogen-bond acceptors (Lipinski definition) is 0. The van der Waals surface area contributed by atoms with Crippen LogP contribution in [0, 0.1) is 0 Å². The fourth-order valence-corrected chi connectivity index (χ4v) is 8.47. The third-order valence-corrected chi connectivity index (χ3v) is 11.1. The highest BCUT2D eigenvalue weighted by Crippen LogP contribution is 2.38. The van der Waals surface area contributed by atoms with Crippen molar-refractivity contribution in [1.82, 2.24) is 9.13 Å². The van der Waals surface area contributed by atoms with Crippen molar-refractivity contribution in [2.75, 3.05) is 0 Å². The third-order valence-electron chi connectivity index (χ3n) is 11.1. The van der Waals surface area contributed by atoms with Crippen molar-refractivity contribution in [2.24, 2.45) is 0 Å². The Kier molecular flexibility index (Phi) is 6.90. The standard InChI is InChI=1S/C52H34N2/c1-3-11-35(12-4-1)38-23-24-40-32-44(28-25-39(40)31-38)54-50-18-10-8-16-46(50)48-30-27-42(34-52(48)54)37-21-19-36(20-22-37)41-26-29-47-45-15-7-9-17-49(45)53(51(47)33-41)43-13-5-2-6-14-43/h1-34H. The van der Waals surface area contributed by atoms with Crippen LogP contribution in [-0.4, -0.2) is 9.13 Å². The van der Waals surface area contributed by atoms with E-state index < -0.39 is 0 Å². The van der Waals surface area contributed by atoms with Crippen LogP contribution in [0.3, 0.4) is 0 Å². The largest absolute Gasteiger partial charge is 0.309 e. The number of fused-ring (bicyclic) bond motifs is 7. The quantitative estimate of drug-likeness (QED) is 0.171. The normalized spacial score (nSPS) is 11.7. The zero-order chi connectivity index (χ0) is 35.6. The number of hydrogen-bond donors (Lipinski definition) is 0. The summed E-state index contributed by atoms with van der Waals surface area (Å²) >= 11 is 0. The molecule has 11 aromatic rings. The summed E-state index contributed by atoms with van der Waals surface area (Å²) in [4.78, 5) is 0. The summed E-state index contributed by atoms with van der Waals surface area (Å²) in [5.41, 5.74) is 14.5. The maximum atomic E-state index is 2.42. The first-order chi connectivity index (χ1) is 26.8. The Bertz CT molecular complexity index is 3180. The molecule has 0 bridgehead atoms. The van der Waals surface area contributed by atoms with Crippen LogP contribution in [0.5, 0.6) is 0 Å². The molecule has 0 aliphatic heterocycles. The lowest BCUT2D eigenvalue weighted by Gasteiger charge is -2.12. The van der Waals surface area contributed by atoms with Crippen molar-refractivity contribution in [3.63, 3.8) is 0 Å². The molecule has 0 amide bonds. The molecule has 0 atom stereocenters. The van der Waals surface area contributed by atoms with Crippen molar-refractivity contribution in [3.8, 4) is 44.8 Å². The van der Waals surface area contributed by atoms with Crippen molar-refractivity contribution < 1.29 is 0 Å². The molecule has 0 spiro atoms. The Morgan fingerprint density at radius 2 is 0.630 bits per heavy atom. The Hall–Kier alpha value is -7.16. The van der Waals surface area contributed by atoms with Crippen LogP contribution < -0.4 is 0 Å². The lowest BCUT2D eigenvalue weighted by molar-refractivity contribution is 1.18. The second kappa shape index (κ2) is 12.2. The van der Waals surface area contributed by atoms with Crippen molar-refractivity contribution in [2.45, 2.75) is 0 Å². The highest BCUT2D eigenvalue weighted by molar-refractivity contribution is 6.11. The van der Waals surface area contributed by atoms with E-state index in [1.807, 2.05) is 0 Å². The lowest BCUT2D eigenvalue weighted by atomic mass is 9.98. The summed E-state index contributed by atoms with van der Waals surface area (Å²) in [6, 6.07) is 75.2. The molecular weight excluding hydrogens is 653 g/mol. The maximum Gasteiger partial charge on any atom is 0.0547 e. The molecule has 0 fully saturated rings. The Balaban J connectivity index is 0.990. The molecule has 0 saturated heterocycles. The molecular formula is C52H34N2. The molecule has 0 N–H and O–H groups in total. The lowest BCUT2D eigenvalue weighted by Crippen LogP contribution is -1.94. The minimum Gasteiger partial charge on any atom is -0.309 e. The number of para-hydroxylation sites is 3. The van der Waals surface area contributed by atoms with Crippen molar-refractivity contribution >= 4 is 54.4 Å². The maximum absolute atomic E-state index is 2.42. The van der Waals surface area contributed by atoms with E-state index in [0.29, 0.717) is 0 Å². The van der Waals surface area contributed by atoms with Gasteiger partial charge in [-0.15, -0.1) is 0 Å². The van der Waals surface area contributed by atoms with E-state index in [1.165, 1.54) is 93.5 Å². The number of rotatable bonds is 5. The fourth-order valence-electron chi connectivity index (χ4n) is 8.47. The molecule has 252 valence electrons. The highest BCUT2D eigenvalue weighted by atomic mass is 15.0. The summed E-state index contributed by atoms with van der Waals surface area (Å²) in [5, 5.41) is 7.52. The van der Waals surface area contributed by atoms with Gasteiger partial charge in [-0.2, -0.15) is 0 Å². The molecule has 11 rings (SSSR count). The average molecular weight is 687 g/mol. The molecule has 2 heterocycles. The van der Waals surface area contributed by atoms with Gasteiger partial charge in [-0.1, -0.05) is 152 Å². The van der Waals surface area contributed by atoms with Crippen LogP contribution in [0.15, 0.2) is 206 Å². The minimum atomic E-state index is 1.16. The van der Waals surface area contributed by atoms with Crippen LogP contribution in [-0.2, 0) is 0 Å². The third kappa shape index (κ3) is 4.88. The molecule has 0 radical (unpaired) electrons. The second-order valence-electron chi connectivity index (χ2n) is 14.2. The van der Waals surface area contributed by atoms with Gasteiger partial charge in [0.25, 0.3) is 0 Å².